The molecule has 0 saturated heterocycles. The zero-order valence-electron chi connectivity index (χ0n) is 21.4. The molecule has 1 heterocycles. The SMILES string of the molecule is CCCCCCCC(c1nccn1Cc1ccccc1)C(C)(Cc1ccccc1)c1ccccc1. The fraction of sp³-hybridized carbons (Fsp3) is 0.364. The number of unbranched alkanes of at least 4 members (excludes halogenated alkanes) is 4. The second kappa shape index (κ2) is 12.5. The molecule has 2 atom stereocenters. The van der Waals surface area contributed by atoms with Gasteiger partial charge in [-0.15, -0.1) is 0 Å². The maximum atomic E-state index is 5.02. The van der Waals surface area contributed by atoms with Crippen molar-refractivity contribution in [1.29, 1.82) is 0 Å². The molecule has 0 saturated carbocycles. The molecule has 0 aliphatic carbocycles. The molecule has 4 aromatic rings. The molecule has 0 N–H and O–H groups in total. The van der Waals surface area contributed by atoms with E-state index in [1.54, 1.807) is 0 Å². The first kappa shape index (κ1) is 25.0. The smallest absolute Gasteiger partial charge is 0.112 e. The third-order valence-electron chi connectivity index (χ3n) is 7.47. The molecule has 0 fully saturated rings. The number of aromatic nitrogens is 2. The van der Waals surface area contributed by atoms with Gasteiger partial charge in [-0.3, -0.25) is 0 Å². The highest BCUT2D eigenvalue weighted by Gasteiger charge is 2.39. The summed E-state index contributed by atoms with van der Waals surface area (Å²) >= 11 is 0. The Labute approximate surface area is 212 Å². The summed E-state index contributed by atoms with van der Waals surface area (Å²) in [6.07, 6.45) is 12.8. The van der Waals surface area contributed by atoms with Crippen LogP contribution in [0.3, 0.4) is 0 Å². The molecule has 0 aliphatic heterocycles. The van der Waals surface area contributed by atoms with Gasteiger partial charge in [0.2, 0.25) is 0 Å². The summed E-state index contributed by atoms with van der Waals surface area (Å²) in [6, 6.07) is 32.9. The Morgan fingerprint density at radius 2 is 1.34 bits per heavy atom. The number of nitrogens with zero attached hydrogens (tertiary/aromatic N) is 2. The largest absolute Gasteiger partial charge is 0.330 e. The normalized spacial score (nSPS) is 13.9. The van der Waals surface area contributed by atoms with E-state index in [2.05, 4.69) is 116 Å². The fourth-order valence-corrected chi connectivity index (χ4v) is 5.49. The van der Waals surface area contributed by atoms with E-state index in [0.29, 0.717) is 5.92 Å². The van der Waals surface area contributed by atoms with Crippen LogP contribution in [-0.4, -0.2) is 9.55 Å². The molecule has 0 bridgehead atoms. The van der Waals surface area contributed by atoms with Crippen LogP contribution >= 0.6 is 0 Å². The van der Waals surface area contributed by atoms with Gasteiger partial charge < -0.3 is 4.57 Å². The number of imidazole rings is 1. The van der Waals surface area contributed by atoms with E-state index in [1.165, 1.54) is 54.6 Å². The van der Waals surface area contributed by atoms with Gasteiger partial charge in [0.15, 0.2) is 0 Å². The molecule has 0 spiro atoms. The predicted molar refractivity (Wildman–Crippen MR) is 148 cm³/mol. The Morgan fingerprint density at radius 3 is 2.00 bits per heavy atom. The van der Waals surface area contributed by atoms with Gasteiger partial charge in [0.25, 0.3) is 0 Å². The lowest BCUT2D eigenvalue weighted by molar-refractivity contribution is 0.324. The van der Waals surface area contributed by atoms with Crippen molar-refractivity contribution in [2.24, 2.45) is 0 Å². The third-order valence-corrected chi connectivity index (χ3v) is 7.47. The van der Waals surface area contributed by atoms with Gasteiger partial charge in [0.1, 0.15) is 5.82 Å². The van der Waals surface area contributed by atoms with Gasteiger partial charge in [-0.2, -0.15) is 0 Å². The van der Waals surface area contributed by atoms with Crippen molar-refractivity contribution in [2.45, 2.75) is 76.7 Å². The summed E-state index contributed by atoms with van der Waals surface area (Å²) < 4.78 is 2.39. The Kier molecular flexibility index (Phi) is 8.95. The van der Waals surface area contributed by atoms with E-state index in [0.717, 1.165) is 19.4 Å². The monoisotopic (exact) mass is 464 g/mol. The van der Waals surface area contributed by atoms with Crippen LogP contribution in [0.2, 0.25) is 0 Å². The van der Waals surface area contributed by atoms with Crippen molar-refractivity contribution >= 4 is 0 Å². The number of hydrogen-bond donors (Lipinski definition) is 0. The molecule has 3 aromatic carbocycles. The highest BCUT2D eigenvalue weighted by Crippen LogP contribution is 2.44. The summed E-state index contributed by atoms with van der Waals surface area (Å²) in [7, 11) is 0. The maximum absolute atomic E-state index is 5.02. The second-order valence-corrected chi connectivity index (χ2v) is 10.1. The summed E-state index contributed by atoms with van der Waals surface area (Å²) in [5.41, 5.74) is 4.04. The lowest BCUT2D eigenvalue weighted by Gasteiger charge is -2.39. The zero-order chi connectivity index (χ0) is 24.3. The fourth-order valence-electron chi connectivity index (χ4n) is 5.49. The van der Waals surface area contributed by atoms with Crippen molar-refractivity contribution in [2.75, 3.05) is 0 Å². The van der Waals surface area contributed by atoms with Gasteiger partial charge in [-0.25, -0.2) is 4.98 Å². The molecule has 2 nitrogen and oxygen atoms in total. The van der Waals surface area contributed by atoms with Crippen LogP contribution in [0.5, 0.6) is 0 Å². The zero-order valence-corrected chi connectivity index (χ0v) is 21.4. The summed E-state index contributed by atoms with van der Waals surface area (Å²) in [6.45, 7) is 5.61. The Bertz CT molecular complexity index is 1120. The van der Waals surface area contributed by atoms with Crippen LogP contribution in [0.1, 0.15) is 80.8 Å². The van der Waals surface area contributed by atoms with E-state index in [-0.39, 0.29) is 5.41 Å². The van der Waals surface area contributed by atoms with Crippen LogP contribution in [0, 0.1) is 0 Å². The average molecular weight is 465 g/mol. The number of rotatable bonds is 13. The minimum atomic E-state index is -0.0623. The topological polar surface area (TPSA) is 17.8 Å². The van der Waals surface area contributed by atoms with Gasteiger partial charge in [0.05, 0.1) is 0 Å². The predicted octanol–water partition coefficient (Wildman–Crippen LogP) is 8.58. The molecule has 182 valence electrons. The molecular formula is C33H40N2. The second-order valence-electron chi connectivity index (χ2n) is 10.1. The quantitative estimate of drug-likeness (QED) is 0.181. The van der Waals surface area contributed by atoms with Crippen molar-refractivity contribution in [1.82, 2.24) is 9.55 Å². The van der Waals surface area contributed by atoms with E-state index < -0.39 is 0 Å². The van der Waals surface area contributed by atoms with Gasteiger partial charge in [0, 0.05) is 30.3 Å². The molecular weight excluding hydrogens is 424 g/mol. The van der Waals surface area contributed by atoms with Crippen LogP contribution < -0.4 is 0 Å². The molecule has 35 heavy (non-hydrogen) atoms. The Balaban J connectivity index is 1.72. The highest BCUT2D eigenvalue weighted by molar-refractivity contribution is 5.33. The molecule has 0 aliphatic rings. The molecule has 1 aromatic heterocycles. The first-order valence-corrected chi connectivity index (χ1v) is 13.3. The molecule has 0 radical (unpaired) electrons. The van der Waals surface area contributed by atoms with E-state index in [4.69, 9.17) is 4.98 Å². The summed E-state index contributed by atoms with van der Waals surface area (Å²) in [5.74, 6) is 1.54. The van der Waals surface area contributed by atoms with Crippen LogP contribution in [-0.2, 0) is 18.4 Å². The third kappa shape index (κ3) is 6.51. The number of hydrogen-bond acceptors (Lipinski definition) is 1. The minimum absolute atomic E-state index is 0.0623. The van der Waals surface area contributed by atoms with Crippen LogP contribution in [0.25, 0.3) is 0 Å². The lowest BCUT2D eigenvalue weighted by atomic mass is 9.66. The van der Waals surface area contributed by atoms with Crippen molar-refractivity contribution < 1.29 is 0 Å². The Hall–Kier alpha value is -3.13. The van der Waals surface area contributed by atoms with Gasteiger partial charge in [-0.05, 0) is 29.5 Å². The molecule has 2 heteroatoms. The van der Waals surface area contributed by atoms with Gasteiger partial charge >= 0.3 is 0 Å². The van der Waals surface area contributed by atoms with Crippen LogP contribution in [0.4, 0.5) is 0 Å². The summed E-state index contributed by atoms with van der Waals surface area (Å²) in [4.78, 5) is 5.02. The van der Waals surface area contributed by atoms with Crippen molar-refractivity contribution in [3.05, 3.63) is 126 Å². The number of benzene rings is 3. The molecule has 2 unspecified atom stereocenters. The van der Waals surface area contributed by atoms with E-state index in [9.17, 15) is 0 Å². The molecule has 0 amide bonds. The standard InChI is InChI=1S/C33H40N2/c1-3-4-5-6-16-23-31(32-34-24-25-35(32)27-29-19-12-8-13-20-29)33(2,30-21-14-9-15-22-30)26-28-17-10-7-11-18-28/h7-15,17-22,24-25,31H,3-6,16,23,26-27H2,1-2H3. The maximum Gasteiger partial charge on any atom is 0.112 e. The highest BCUT2D eigenvalue weighted by atomic mass is 15.1. The Morgan fingerprint density at radius 1 is 0.743 bits per heavy atom. The van der Waals surface area contributed by atoms with Gasteiger partial charge in [-0.1, -0.05) is 137 Å². The lowest BCUT2D eigenvalue weighted by Crippen LogP contribution is -2.35. The van der Waals surface area contributed by atoms with Crippen molar-refractivity contribution in [3.8, 4) is 0 Å². The molecule has 4 rings (SSSR count). The average Bonchev–Trinajstić information content (AvgIpc) is 3.35. The van der Waals surface area contributed by atoms with E-state index in [1.807, 2.05) is 6.20 Å². The van der Waals surface area contributed by atoms with Crippen LogP contribution in [0.15, 0.2) is 103 Å². The van der Waals surface area contributed by atoms with E-state index >= 15 is 0 Å². The first-order chi connectivity index (χ1) is 17.2. The van der Waals surface area contributed by atoms with Crippen molar-refractivity contribution in [3.63, 3.8) is 0 Å². The summed E-state index contributed by atoms with van der Waals surface area (Å²) in [5, 5.41) is 0. The first-order valence-electron chi connectivity index (χ1n) is 13.3. The minimum Gasteiger partial charge on any atom is -0.330 e.